The summed E-state index contributed by atoms with van der Waals surface area (Å²) in [5.41, 5.74) is 0. The molecule has 1 aliphatic rings. The van der Waals surface area contributed by atoms with Crippen LogP contribution in [0.15, 0.2) is 0 Å². The van der Waals surface area contributed by atoms with Crippen LogP contribution in [-0.4, -0.2) is 50.3 Å². The fourth-order valence-electron chi connectivity index (χ4n) is 3.40. The topological polar surface area (TPSA) is 105 Å². The van der Waals surface area contributed by atoms with Crippen LogP contribution in [0.1, 0.15) is 103 Å². The number of rotatable bonds is 0. The van der Waals surface area contributed by atoms with Crippen LogP contribution in [0.5, 0.6) is 0 Å². The SMILES string of the molecule is O=C1CCCCCCCCC(=O)OCCOC(=O)CCCCCCCCC(=O)OCCO1. The summed E-state index contributed by atoms with van der Waals surface area (Å²) >= 11 is 0. The van der Waals surface area contributed by atoms with Gasteiger partial charge in [0.15, 0.2) is 0 Å². The maximum absolute atomic E-state index is 11.7. The number of ether oxygens (including phenoxy) is 4. The number of carbonyl (C=O) groups excluding carboxylic acids is 4. The Hall–Kier alpha value is -2.12. The monoisotopic (exact) mass is 456 g/mol. The third-order valence-electron chi connectivity index (χ3n) is 5.24. The summed E-state index contributed by atoms with van der Waals surface area (Å²) in [6.07, 6.45) is 12.2. The molecule has 0 bridgehead atoms. The first-order valence-electron chi connectivity index (χ1n) is 12.2. The first-order chi connectivity index (χ1) is 15.6. The molecule has 0 atom stereocenters. The summed E-state index contributed by atoms with van der Waals surface area (Å²) < 4.78 is 20.4. The van der Waals surface area contributed by atoms with Gasteiger partial charge in [0.2, 0.25) is 0 Å². The van der Waals surface area contributed by atoms with Crippen molar-refractivity contribution in [1.82, 2.24) is 0 Å². The lowest BCUT2D eigenvalue weighted by Crippen LogP contribution is -2.14. The number of hydrogen-bond donors (Lipinski definition) is 0. The Bertz CT molecular complexity index is 450. The third kappa shape index (κ3) is 17.5. The zero-order chi connectivity index (χ0) is 23.3. The van der Waals surface area contributed by atoms with Gasteiger partial charge in [0, 0.05) is 25.7 Å². The minimum Gasteiger partial charge on any atom is -0.462 e. The molecule has 0 amide bonds. The van der Waals surface area contributed by atoms with Gasteiger partial charge in [-0.05, 0) is 25.7 Å². The van der Waals surface area contributed by atoms with Crippen LogP contribution in [0.4, 0.5) is 0 Å². The van der Waals surface area contributed by atoms with Crippen LogP contribution < -0.4 is 0 Å². The minimum atomic E-state index is -0.261. The molecule has 1 aliphatic heterocycles. The Morgan fingerprint density at radius 3 is 0.719 bits per heavy atom. The highest BCUT2D eigenvalue weighted by molar-refractivity contribution is 5.70. The molecule has 0 aromatic carbocycles. The van der Waals surface area contributed by atoms with Gasteiger partial charge in [-0.15, -0.1) is 0 Å². The lowest BCUT2D eigenvalue weighted by atomic mass is 10.1. The van der Waals surface area contributed by atoms with Crippen LogP contribution in [0.25, 0.3) is 0 Å². The summed E-state index contributed by atoms with van der Waals surface area (Å²) in [5, 5.41) is 0. The normalized spacial score (nSPS) is 21.8. The van der Waals surface area contributed by atoms with Gasteiger partial charge >= 0.3 is 23.9 Å². The fourth-order valence-corrected chi connectivity index (χ4v) is 3.40. The molecular formula is C24H40O8. The number of carbonyl (C=O) groups is 4. The summed E-state index contributed by atoms with van der Waals surface area (Å²) in [6, 6.07) is 0. The molecule has 0 aliphatic carbocycles. The molecule has 0 unspecified atom stereocenters. The molecule has 0 spiro atoms. The van der Waals surface area contributed by atoms with E-state index >= 15 is 0 Å². The van der Waals surface area contributed by atoms with Gasteiger partial charge in [0.1, 0.15) is 26.4 Å². The van der Waals surface area contributed by atoms with E-state index in [1.165, 1.54) is 0 Å². The van der Waals surface area contributed by atoms with Gasteiger partial charge in [-0.1, -0.05) is 51.4 Å². The van der Waals surface area contributed by atoms with Crippen molar-refractivity contribution in [3.05, 3.63) is 0 Å². The molecule has 1 rings (SSSR count). The van der Waals surface area contributed by atoms with Crippen LogP contribution in [0.2, 0.25) is 0 Å². The Labute approximate surface area is 191 Å². The van der Waals surface area contributed by atoms with E-state index in [0.29, 0.717) is 25.7 Å². The number of esters is 4. The number of cyclic esters (lactones) is 4. The first-order valence-corrected chi connectivity index (χ1v) is 12.2. The molecule has 0 aromatic rings. The zero-order valence-corrected chi connectivity index (χ0v) is 19.4. The molecule has 184 valence electrons. The van der Waals surface area contributed by atoms with Gasteiger partial charge in [0.05, 0.1) is 0 Å². The van der Waals surface area contributed by atoms with E-state index in [-0.39, 0.29) is 50.3 Å². The molecular weight excluding hydrogens is 416 g/mol. The highest BCUT2D eigenvalue weighted by Gasteiger charge is 2.08. The molecule has 8 heteroatoms. The van der Waals surface area contributed by atoms with E-state index in [2.05, 4.69) is 0 Å². The summed E-state index contributed by atoms with van der Waals surface area (Å²) in [5.74, 6) is -1.05. The average molecular weight is 457 g/mol. The first kappa shape index (κ1) is 27.9. The highest BCUT2D eigenvalue weighted by atomic mass is 16.6. The van der Waals surface area contributed by atoms with Gasteiger partial charge in [-0.25, -0.2) is 0 Å². The molecule has 0 N–H and O–H groups in total. The Kier molecular flexibility index (Phi) is 17.1. The van der Waals surface area contributed by atoms with Crippen molar-refractivity contribution in [3.63, 3.8) is 0 Å². The Balaban J connectivity index is 2.26. The molecule has 1 fully saturated rings. The van der Waals surface area contributed by atoms with Crippen molar-refractivity contribution in [2.24, 2.45) is 0 Å². The molecule has 8 nitrogen and oxygen atoms in total. The Morgan fingerprint density at radius 1 is 0.312 bits per heavy atom. The summed E-state index contributed by atoms with van der Waals surface area (Å²) in [4.78, 5) is 46.7. The lowest BCUT2D eigenvalue weighted by molar-refractivity contribution is -0.152. The minimum absolute atomic E-state index is 0.100. The van der Waals surface area contributed by atoms with Crippen molar-refractivity contribution in [1.29, 1.82) is 0 Å². The molecule has 0 aromatic heterocycles. The number of hydrogen-bond acceptors (Lipinski definition) is 8. The second-order valence-corrected chi connectivity index (χ2v) is 8.12. The van der Waals surface area contributed by atoms with E-state index in [0.717, 1.165) is 77.0 Å². The van der Waals surface area contributed by atoms with E-state index in [1.54, 1.807) is 0 Å². The van der Waals surface area contributed by atoms with Gasteiger partial charge in [0.25, 0.3) is 0 Å². The lowest BCUT2D eigenvalue weighted by Gasteiger charge is -2.08. The molecule has 1 heterocycles. The van der Waals surface area contributed by atoms with E-state index in [4.69, 9.17) is 18.9 Å². The fraction of sp³-hybridized carbons (Fsp3) is 0.833. The predicted octanol–water partition coefficient (Wildman–Crippen LogP) is 4.41. The van der Waals surface area contributed by atoms with Crippen molar-refractivity contribution < 1.29 is 38.1 Å². The second kappa shape index (κ2) is 19.6. The maximum Gasteiger partial charge on any atom is 0.305 e. The van der Waals surface area contributed by atoms with E-state index < -0.39 is 0 Å². The smallest absolute Gasteiger partial charge is 0.305 e. The van der Waals surface area contributed by atoms with Gasteiger partial charge in [-0.3, -0.25) is 19.2 Å². The highest BCUT2D eigenvalue weighted by Crippen LogP contribution is 2.11. The van der Waals surface area contributed by atoms with Crippen LogP contribution >= 0.6 is 0 Å². The maximum atomic E-state index is 11.7. The predicted molar refractivity (Wildman–Crippen MR) is 118 cm³/mol. The Morgan fingerprint density at radius 2 is 0.500 bits per heavy atom. The summed E-state index contributed by atoms with van der Waals surface area (Å²) in [7, 11) is 0. The van der Waals surface area contributed by atoms with Crippen molar-refractivity contribution >= 4 is 23.9 Å². The third-order valence-corrected chi connectivity index (χ3v) is 5.24. The molecule has 32 heavy (non-hydrogen) atoms. The van der Waals surface area contributed by atoms with Crippen molar-refractivity contribution in [3.8, 4) is 0 Å². The van der Waals surface area contributed by atoms with E-state index in [9.17, 15) is 19.2 Å². The molecule has 1 saturated heterocycles. The van der Waals surface area contributed by atoms with Crippen LogP contribution in [0, 0.1) is 0 Å². The largest absolute Gasteiger partial charge is 0.462 e. The second-order valence-electron chi connectivity index (χ2n) is 8.12. The standard InChI is InChI=1S/C24H40O8/c25-21-13-9-5-1-2-6-10-14-22(26)30-19-20-32-24(28)16-12-8-4-3-7-11-15-23(27)31-18-17-29-21/h1-20H2. The quantitative estimate of drug-likeness (QED) is 0.390. The molecule has 0 radical (unpaired) electrons. The van der Waals surface area contributed by atoms with Crippen molar-refractivity contribution in [2.45, 2.75) is 103 Å². The zero-order valence-electron chi connectivity index (χ0n) is 19.4. The van der Waals surface area contributed by atoms with Gasteiger partial charge < -0.3 is 18.9 Å². The summed E-state index contributed by atoms with van der Waals surface area (Å²) in [6.45, 7) is 0.401. The molecule has 0 saturated carbocycles. The van der Waals surface area contributed by atoms with Gasteiger partial charge in [-0.2, -0.15) is 0 Å². The van der Waals surface area contributed by atoms with Crippen LogP contribution in [0.3, 0.4) is 0 Å². The van der Waals surface area contributed by atoms with E-state index in [1.807, 2.05) is 0 Å². The van der Waals surface area contributed by atoms with Crippen molar-refractivity contribution in [2.75, 3.05) is 26.4 Å². The van der Waals surface area contributed by atoms with Crippen LogP contribution in [-0.2, 0) is 38.1 Å². The average Bonchev–Trinajstić information content (AvgIpc) is 2.77.